The molecule has 0 aliphatic heterocycles. The van der Waals surface area contributed by atoms with E-state index in [1.165, 1.54) is 19.6 Å². The van der Waals surface area contributed by atoms with Crippen LogP contribution >= 0.6 is 0 Å². The molecule has 0 aliphatic carbocycles. The number of rotatable bonds is 4. The van der Waals surface area contributed by atoms with Crippen LogP contribution in [-0.2, 0) is 10.2 Å². The second-order valence-electron chi connectivity index (χ2n) is 6.03. The number of halogens is 1. The molecule has 2 heterocycles. The molecule has 0 aliphatic rings. The number of pyridine rings is 1. The largest absolute Gasteiger partial charge is 0.495 e. The van der Waals surface area contributed by atoms with Gasteiger partial charge in [0.1, 0.15) is 10.6 Å². The number of nitrogens with zero attached hydrogens (tertiary/aromatic N) is 2. The molecule has 2 N–H and O–H groups in total. The van der Waals surface area contributed by atoms with E-state index in [1.54, 1.807) is 12.4 Å². The first kappa shape index (κ1) is 21.0. The fourth-order valence-corrected chi connectivity index (χ4v) is 3.11. The predicted octanol–water partition coefficient (Wildman–Crippen LogP) is 4.34. The van der Waals surface area contributed by atoms with Crippen molar-refractivity contribution >= 4 is 15.9 Å². The lowest BCUT2D eigenvalue weighted by molar-refractivity contribution is 0.416. The van der Waals surface area contributed by atoms with Crippen LogP contribution < -0.4 is 10.5 Å². The maximum absolute atomic E-state index is 12.4. The monoisotopic (exact) mass is 427 g/mol. The van der Waals surface area contributed by atoms with Gasteiger partial charge in [-0.2, -0.15) is 8.42 Å². The van der Waals surface area contributed by atoms with Gasteiger partial charge in [0.15, 0.2) is 12.2 Å². The topological polar surface area (TPSA) is 108 Å². The third kappa shape index (κ3) is 5.21. The molecule has 154 valence electrons. The molecule has 0 radical (unpaired) electrons. The van der Waals surface area contributed by atoms with Gasteiger partial charge in [0.2, 0.25) is 0 Å². The molecule has 4 aromatic rings. The van der Waals surface area contributed by atoms with Crippen molar-refractivity contribution in [3.05, 3.63) is 79.6 Å². The molecular formula is C21H18FN3O4S. The van der Waals surface area contributed by atoms with E-state index in [0.717, 1.165) is 34.6 Å². The summed E-state index contributed by atoms with van der Waals surface area (Å²) in [5.74, 6) is 1.09. The maximum Gasteiger partial charge on any atom is 0.332 e. The summed E-state index contributed by atoms with van der Waals surface area (Å²) in [6.07, 6.45) is 6.76. The van der Waals surface area contributed by atoms with Crippen molar-refractivity contribution in [3.63, 3.8) is 0 Å². The van der Waals surface area contributed by atoms with Gasteiger partial charge in [-0.1, -0.05) is 24.3 Å². The van der Waals surface area contributed by atoms with Crippen LogP contribution in [0.4, 0.5) is 9.57 Å². The van der Waals surface area contributed by atoms with E-state index in [-0.39, 0.29) is 5.69 Å². The van der Waals surface area contributed by atoms with Crippen LogP contribution in [0.15, 0.2) is 88.9 Å². The van der Waals surface area contributed by atoms with Gasteiger partial charge >= 0.3 is 10.2 Å². The van der Waals surface area contributed by atoms with Crippen LogP contribution in [0.25, 0.3) is 22.5 Å². The first-order chi connectivity index (χ1) is 14.4. The normalized spacial score (nSPS) is 10.7. The molecule has 0 amide bonds. The summed E-state index contributed by atoms with van der Waals surface area (Å²) < 4.78 is 43.3. The summed E-state index contributed by atoms with van der Waals surface area (Å²) in [7, 11) is -3.30. The Bertz CT molecular complexity index is 1210. The summed E-state index contributed by atoms with van der Waals surface area (Å²) in [5.41, 5.74) is 8.68. The Balaban J connectivity index is 0.000000178. The average Bonchev–Trinajstić information content (AvgIpc) is 3.29. The smallest absolute Gasteiger partial charge is 0.332 e. The summed E-state index contributed by atoms with van der Waals surface area (Å²) in [6, 6.07) is 15.5. The van der Waals surface area contributed by atoms with Crippen LogP contribution in [0, 0.1) is 0 Å². The van der Waals surface area contributed by atoms with Crippen LogP contribution in [0.5, 0.6) is 5.75 Å². The number of nitrogens with two attached hydrogens (primary N) is 1. The second kappa shape index (κ2) is 9.19. The molecule has 0 bridgehead atoms. The molecule has 2 aromatic heterocycles. The molecule has 0 saturated carbocycles. The zero-order valence-electron chi connectivity index (χ0n) is 15.9. The van der Waals surface area contributed by atoms with E-state index in [2.05, 4.69) is 22.1 Å². The quantitative estimate of drug-likeness (QED) is 0.381. The number of methoxy groups -OCH3 is 1. The number of hydrogen-bond acceptors (Lipinski definition) is 7. The van der Waals surface area contributed by atoms with Crippen molar-refractivity contribution in [1.82, 2.24) is 9.97 Å². The lowest BCUT2D eigenvalue weighted by atomic mass is 10.0. The summed E-state index contributed by atoms with van der Waals surface area (Å²) in [6.45, 7) is 0. The Morgan fingerprint density at radius 2 is 1.73 bits per heavy atom. The Morgan fingerprint density at radius 3 is 2.33 bits per heavy atom. The Hall–Kier alpha value is -3.72. The molecule has 0 spiro atoms. The van der Waals surface area contributed by atoms with Crippen molar-refractivity contribution in [2.75, 3.05) is 12.8 Å². The highest BCUT2D eigenvalue weighted by molar-refractivity contribution is 7.86. The van der Waals surface area contributed by atoms with Crippen LogP contribution in [0.3, 0.4) is 0 Å². The van der Waals surface area contributed by atoms with Crippen molar-refractivity contribution in [3.8, 4) is 28.2 Å². The highest BCUT2D eigenvalue weighted by Gasteiger charge is 2.13. The number of aromatic nitrogens is 2. The van der Waals surface area contributed by atoms with E-state index in [9.17, 15) is 12.3 Å². The number of hydrogen-bond donors (Lipinski definition) is 1. The third-order valence-electron chi connectivity index (χ3n) is 4.06. The minimum atomic E-state index is -4.69. The highest BCUT2D eigenvalue weighted by Crippen LogP contribution is 2.26. The minimum Gasteiger partial charge on any atom is -0.495 e. The molecule has 0 fully saturated rings. The fourth-order valence-electron chi connectivity index (χ4n) is 2.61. The number of nitrogen functional groups attached to an aromatic ring is 1. The zero-order valence-corrected chi connectivity index (χ0v) is 16.7. The van der Waals surface area contributed by atoms with Gasteiger partial charge in [0, 0.05) is 23.5 Å². The maximum atomic E-state index is 12.4. The molecule has 0 unspecified atom stereocenters. The third-order valence-corrected chi connectivity index (χ3v) is 4.87. The molecule has 9 heteroatoms. The summed E-state index contributed by atoms with van der Waals surface area (Å²) >= 11 is 0. The fraction of sp³-hybridized carbons (Fsp3) is 0.0476. The van der Waals surface area contributed by atoms with Gasteiger partial charge in [-0.25, -0.2) is 4.98 Å². The van der Waals surface area contributed by atoms with E-state index >= 15 is 0 Å². The molecule has 7 nitrogen and oxygen atoms in total. The van der Waals surface area contributed by atoms with E-state index in [4.69, 9.17) is 14.9 Å². The van der Waals surface area contributed by atoms with Crippen LogP contribution in [0.2, 0.25) is 0 Å². The minimum absolute atomic E-state index is 0.0845. The van der Waals surface area contributed by atoms with Crippen LogP contribution in [-0.4, -0.2) is 25.5 Å². The molecular weight excluding hydrogens is 409 g/mol. The van der Waals surface area contributed by atoms with Crippen molar-refractivity contribution in [2.24, 2.45) is 0 Å². The predicted molar refractivity (Wildman–Crippen MR) is 111 cm³/mol. The Morgan fingerprint density at radius 1 is 0.967 bits per heavy atom. The number of anilines is 1. The second-order valence-corrected chi connectivity index (χ2v) is 7.38. The van der Waals surface area contributed by atoms with E-state index in [0.29, 0.717) is 5.75 Å². The SMILES string of the molecule is COc1ccc(S(=O)(=O)F)cc1N.c1cncc(-c2cccc(-c3cnco3)c2)c1. The molecule has 0 saturated heterocycles. The summed E-state index contributed by atoms with van der Waals surface area (Å²) in [4.78, 5) is 7.57. The lowest BCUT2D eigenvalue weighted by Crippen LogP contribution is -1.96. The van der Waals surface area contributed by atoms with Gasteiger partial charge in [0.05, 0.1) is 19.0 Å². The number of benzene rings is 2. The molecule has 2 aromatic carbocycles. The van der Waals surface area contributed by atoms with Crippen molar-refractivity contribution in [2.45, 2.75) is 4.90 Å². The van der Waals surface area contributed by atoms with Gasteiger partial charge < -0.3 is 14.9 Å². The molecule has 4 rings (SSSR count). The standard InChI is InChI=1S/C14H10N2O.C7H8FNO3S/c1-3-11(13-5-2-6-15-8-13)7-12(4-1)14-9-16-10-17-14;1-12-7-3-2-5(4-6(7)9)13(8,10)11/h1-10H;2-4H,9H2,1H3. The number of ether oxygens (including phenoxy) is 1. The Labute approximate surface area is 173 Å². The highest BCUT2D eigenvalue weighted by atomic mass is 32.3. The zero-order chi connectivity index (χ0) is 21.6. The van der Waals surface area contributed by atoms with Gasteiger partial charge in [-0.15, -0.1) is 3.89 Å². The van der Waals surface area contributed by atoms with Gasteiger partial charge in [0.25, 0.3) is 0 Å². The van der Waals surface area contributed by atoms with Crippen molar-refractivity contribution < 1.29 is 21.5 Å². The van der Waals surface area contributed by atoms with Gasteiger partial charge in [-0.3, -0.25) is 4.98 Å². The average molecular weight is 427 g/mol. The summed E-state index contributed by atoms with van der Waals surface area (Å²) in [5, 5.41) is 0. The Kier molecular flexibility index (Phi) is 6.43. The molecule has 0 atom stereocenters. The first-order valence-corrected chi connectivity index (χ1v) is 10.0. The van der Waals surface area contributed by atoms with E-state index in [1.807, 2.05) is 30.5 Å². The van der Waals surface area contributed by atoms with Crippen LogP contribution in [0.1, 0.15) is 0 Å². The molecule has 30 heavy (non-hydrogen) atoms. The van der Waals surface area contributed by atoms with E-state index < -0.39 is 15.1 Å². The number of oxazole rings is 1. The lowest BCUT2D eigenvalue weighted by Gasteiger charge is -2.03. The first-order valence-electron chi connectivity index (χ1n) is 8.66. The van der Waals surface area contributed by atoms with Gasteiger partial charge in [-0.05, 0) is 35.9 Å². The van der Waals surface area contributed by atoms with Crippen molar-refractivity contribution in [1.29, 1.82) is 0 Å².